The third-order valence-electron chi connectivity index (χ3n) is 3.57. The molecule has 2 atom stereocenters. The summed E-state index contributed by atoms with van der Waals surface area (Å²) in [6.07, 6.45) is 1.79. The van der Waals surface area contributed by atoms with Gasteiger partial charge in [0.2, 0.25) is 0 Å². The summed E-state index contributed by atoms with van der Waals surface area (Å²) in [5, 5.41) is -0.169. The Labute approximate surface area is 137 Å². The molecule has 0 spiro atoms. The summed E-state index contributed by atoms with van der Waals surface area (Å²) in [6.45, 7) is 4.08. The van der Waals surface area contributed by atoms with E-state index in [2.05, 4.69) is 49.5 Å². The Morgan fingerprint density at radius 2 is 1.86 bits per heavy atom. The maximum atomic E-state index is 6.32. The maximum Gasteiger partial charge on any atom is 0.160 e. The molecule has 108 valence electrons. The van der Waals surface area contributed by atoms with Crippen molar-refractivity contribution >= 4 is 38.7 Å². The van der Waals surface area contributed by atoms with Crippen LogP contribution in [-0.2, 0) is 0 Å². The minimum Gasteiger partial charge on any atom is -0.304 e. The van der Waals surface area contributed by atoms with Gasteiger partial charge >= 0.3 is 0 Å². The molecule has 0 aliphatic rings. The second-order valence-electron chi connectivity index (χ2n) is 5.03. The van der Waals surface area contributed by atoms with Crippen molar-refractivity contribution in [3.8, 4) is 0 Å². The molecule has 3 aromatic rings. The molecule has 2 unspecified atom stereocenters. The van der Waals surface area contributed by atoms with Crippen LogP contribution in [0.25, 0.3) is 11.2 Å². The van der Waals surface area contributed by atoms with Gasteiger partial charge in [0.15, 0.2) is 5.65 Å². The van der Waals surface area contributed by atoms with E-state index in [1.165, 1.54) is 5.56 Å². The van der Waals surface area contributed by atoms with E-state index in [1.807, 2.05) is 31.2 Å². The molecular formula is C16H15BrClN3. The maximum absolute atomic E-state index is 6.32. The topological polar surface area (TPSA) is 30.7 Å². The second kappa shape index (κ2) is 5.78. The highest BCUT2D eigenvalue weighted by Gasteiger charge is 2.20. The van der Waals surface area contributed by atoms with Crippen LogP contribution in [0.1, 0.15) is 36.7 Å². The van der Waals surface area contributed by atoms with Crippen molar-refractivity contribution in [1.82, 2.24) is 14.5 Å². The molecule has 3 nitrogen and oxygen atoms in total. The number of hydrogen-bond donors (Lipinski definition) is 0. The van der Waals surface area contributed by atoms with E-state index >= 15 is 0 Å². The number of hydrogen-bond acceptors (Lipinski definition) is 2. The fourth-order valence-corrected chi connectivity index (χ4v) is 2.92. The van der Waals surface area contributed by atoms with Crippen LogP contribution in [0.15, 0.2) is 47.1 Å². The first-order chi connectivity index (χ1) is 10.1. The third kappa shape index (κ3) is 2.70. The fourth-order valence-electron chi connectivity index (χ4n) is 2.50. The number of aromatic nitrogens is 3. The van der Waals surface area contributed by atoms with Gasteiger partial charge in [0, 0.05) is 10.7 Å². The summed E-state index contributed by atoms with van der Waals surface area (Å²) in [5.41, 5.74) is 2.95. The Morgan fingerprint density at radius 3 is 2.52 bits per heavy atom. The van der Waals surface area contributed by atoms with Gasteiger partial charge < -0.3 is 4.57 Å². The molecule has 2 aromatic heterocycles. The highest BCUT2D eigenvalue weighted by Crippen LogP contribution is 2.30. The van der Waals surface area contributed by atoms with Crippen LogP contribution in [0.5, 0.6) is 0 Å². The Bertz CT molecular complexity index is 765. The Morgan fingerprint density at radius 1 is 1.14 bits per heavy atom. The molecule has 0 fully saturated rings. The zero-order chi connectivity index (χ0) is 15.0. The van der Waals surface area contributed by atoms with Crippen molar-refractivity contribution in [2.45, 2.75) is 25.3 Å². The predicted octanol–water partition coefficient (Wildman–Crippen LogP) is 5.10. The lowest BCUT2D eigenvalue weighted by Gasteiger charge is -2.18. The van der Waals surface area contributed by atoms with Gasteiger partial charge in [-0.2, -0.15) is 0 Å². The van der Waals surface area contributed by atoms with Gasteiger partial charge in [-0.3, -0.25) is 0 Å². The number of benzene rings is 1. The largest absolute Gasteiger partial charge is 0.304 e. The summed E-state index contributed by atoms with van der Waals surface area (Å²) < 4.78 is 3.19. The molecule has 0 saturated carbocycles. The molecule has 0 amide bonds. The first-order valence-corrected chi connectivity index (χ1v) is 8.03. The van der Waals surface area contributed by atoms with Crippen LogP contribution in [-0.4, -0.2) is 14.5 Å². The Kier molecular flexibility index (Phi) is 4.00. The first kappa shape index (κ1) is 14.5. The zero-order valence-corrected chi connectivity index (χ0v) is 14.1. The van der Waals surface area contributed by atoms with Gasteiger partial charge in [0.05, 0.1) is 11.4 Å². The van der Waals surface area contributed by atoms with E-state index in [-0.39, 0.29) is 11.4 Å². The normalized spacial score (nSPS) is 14.3. The van der Waals surface area contributed by atoms with E-state index in [0.717, 1.165) is 21.5 Å². The average Bonchev–Trinajstić information content (AvgIpc) is 2.87. The van der Waals surface area contributed by atoms with Crippen LogP contribution in [0.3, 0.4) is 0 Å². The van der Waals surface area contributed by atoms with Crippen LogP contribution in [0.2, 0.25) is 0 Å². The molecule has 0 N–H and O–H groups in total. The number of halogens is 2. The summed E-state index contributed by atoms with van der Waals surface area (Å²) in [5.74, 6) is 0.848. The van der Waals surface area contributed by atoms with Crippen molar-refractivity contribution < 1.29 is 0 Å². The highest BCUT2D eigenvalue weighted by atomic mass is 79.9. The fraction of sp³-hybridized carbons (Fsp3) is 0.250. The lowest BCUT2D eigenvalue weighted by molar-refractivity contribution is 0.614. The van der Waals surface area contributed by atoms with E-state index < -0.39 is 0 Å². The number of alkyl halides is 1. The van der Waals surface area contributed by atoms with Crippen molar-refractivity contribution in [3.63, 3.8) is 0 Å². The summed E-state index contributed by atoms with van der Waals surface area (Å²) in [4.78, 5) is 9.12. The number of nitrogens with zero attached hydrogens (tertiary/aromatic N) is 3. The van der Waals surface area contributed by atoms with Gasteiger partial charge in [-0.05, 0) is 43.7 Å². The lowest BCUT2D eigenvalue weighted by atomic mass is 10.1. The molecule has 0 aliphatic heterocycles. The first-order valence-electron chi connectivity index (χ1n) is 6.80. The van der Waals surface area contributed by atoms with Crippen LogP contribution in [0.4, 0.5) is 0 Å². The van der Waals surface area contributed by atoms with E-state index in [0.29, 0.717) is 0 Å². The molecule has 5 heteroatoms. The average molecular weight is 365 g/mol. The quantitative estimate of drug-likeness (QED) is 0.605. The van der Waals surface area contributed by atoms with E-state index in [9.17, 15) is 0 Å². The molecule has 0 bridgehead atoms. The SMILES string of the molecule is CC(Cl)c1nc2cccnc2n1C(C)c1ccc(Br)cc1. The van der Waals surface area contributed by atoms with Crippen LogP contribution >= 0.6 is 27.5 Å². The van der Waals surface area contributed by atoms with E-state index in [1.54, 1.807) is 6.20 Å². The molecule has 0 saturated heterocycles. The van der Waals surface area contributed by atoms with Gasteiger partial charge in [0.1, 0.15) is 11.3 Å². The van der Waals surface area contributed by atoms with Gasteiger partial charge in [-0.25, -0.2) is 9.97 Å². The van der Waals surface area contributed by atoms with Crippen LogP contribution in [0, 0.1) is 0 Å². The summed E-state index contributed by atoms with van der Waals surface area (Å²) in [6, 6.07) is 12.3. The Balaban J connectivity index is 2.17. The molecule has 3 rings (SSSR count). The molecule has 0 aliphatic carbocycles. The predicted molar refractivity (Wildman–Crippen MR) is 89.8 cm³/mol. The molecule has 21 heavy (non-hydrogen) atoms. The van der Waals surface area contributed by atoms with Gasteiger partial charge in [-0.1, -0.05) is 28.1 Å². The number of rotatable bonds is 3. The highest BCUT2D eigenvalue weighted by molar-refractivity contribution is 9.10. The summed E-state index contributed by atoms with van der Waals surface area (Å²) >= 11 is 9.79. The minimum absolute atomic E-state index is 0.120. The van der Waals surface area contributed by atoms with E-state index in [4.69, 9.17) is 11.6 Å². The molecule has 0 radical (unpaired) electrons. The van der Waals surface area contributed by atoms with Crippen molar-refractivity contribution in [2.75, 3.05) is 0 Å². The van der Waals surface area contributed by atoms with Crippen LogP contribution < -0.4 is 0 Å². The molecule has 2 heterocycles. The zero-order valence-electron chi connectivity index (χ0n) is 11.8. The van der Waals surface area contributed by atoms with Gasteiger partial charge in [0.25, 0.3) is 0 Å². The standard InChI is InChI=1S/C16H15BrClN3/c1-10(18)15-20-14-4-3-9-19-16(14)21(15)11(2)12-5-7-13(17)8-6-12/h3-11H,1-2H3. The molecule has 1 aromatic carbocycles. The third-order valence-corrected chi connectivity index (χ3v) is 4.30. The summed E-state index contributed by atoms with van der Waals surface area (Å²) in [7, 11) is 0. The van der Waals surface area contributed by atoms with Crippen molar-refractivity contribution in [2.24, 2.45) is 0 Å². The monoisotopic (exact) mass is 363 g/mol. The smallest absolute Gasteiger partial charge is 0.160 e. The lowest BCUT2D eigenvalue weighted by Crippen LogP contribution is -2.11. The van der Waals surface area contributed by atoms with Gasteiger partial charge in [-0.15, -0.1) is 11.6 Å². The molecular weight excluding hydrogens is 350 g/mol. The number of pyridine rings is 1. The minimum atomic E-state index is -0.169. The van der Waals surface area contributed by atoms with Crippen molar-refractivity contribution in [3.05, 3.63) is 58.5 Å². The second-order valence-corrected chi connectivity index (χ2v) is 6.60. The number of imidazole rings is 1. The number of fused-ring (bicyclic) bond motifs is 1. The van der Waals surface area contributed by atoms with Crippen molar-refractivity contribution in [1.29, 1.82) is 0 Å². The Hall–Kier alpha value is -1.39.